The zero-order valence-electron chi connectivity index (χ0n) is 9.62. The van der Waals surface area contributed by atoms with Gasteiger partial charge in [0.05, 0.1) is 17.3 Å². The summed E-state index contributed by atoms with van der Waals surface area (Å²) in [6.07, 6.45) is 4.23. The van der Waals surface area contributed by atoms with E-state index in [0.29, 0.717) is 11.3 Å². The van der Waals surface area contributed by atoms with E-state index in [0.717, 1.165) is 25.7 Å². The standard InChI is InChI=1S/C13H16FN3/c14-10-7-9(8-15)5-6-12(10)17-13-4-2-1-3-11(13)16/h5-7,11,13,17H,1-4,16H2. The lowest BCUT2D eigenvalue weighted by Gasteiger charge is -2.30. The van der Waals surface area contributed by atoms with Crippen LogP contribution in [0.4, 0.5) is 10.1 Å². The Hall–Kier alpha value is -1.60. The summed E-state index contributed by atoms with van der Waals surface area (Å²) in [6, 6.07) is 6.59. The average molecular weight is 233 g/mol. The van der Waals surface area contributed by atoms with Crippen LogP contribution >= 0.6 is 0 Å². The molecular weight excluding hydrogens is 217 g/mol. The third kappa shape index (κ3) is 2.75. The van der Waals surface area contributed by atoms with Crippen molar-refractivity contribution in [2.45, 2.75) is 37.8 Å². The second kappa shape index (κ2) is 5.15. The molecule has 2 rings (SSSR count). The summed E-state index contributed by atoms with van der Waals surface area (Å²) in [5.74, 6) is -0.387. The molecule has 0 aromatic heterocycles. The van der Waals surface area contributed by atoms with Crippen LogP contribution in [0.2, 0.25) is 0 Å². The molecule has 1 aromatic carbocycles. The van der Waals surface area contributed by atoms with Crippen LogP contribution in [0.25, 0.3) is 0 Å². The molecule has 0 amide bonds. The maximum Gasteiger partial charge on any atom is 0.147 e. The number of halogens is 1. The highest BCUT2D eigenvalue weighted by molar-refractivity contribution is 5.49. The van der Waals surface area contributed by atoms with Gasteiger partial charge in [0.15, 0.2) is 0 Å². The van der Waals surface area contributed by atoms with E-state index in [9.17, 15) is 4.39 Å². The fraction of sp³-hybridized carbons (Fsp3) is 0.462. The van der Waals surface area contributed by atoms with Crippen LogP contribution in [0, 0.1) is 17.1 Å². The zero-order valence-corrected chi connectivity index (χ0v) is 9.62. The molecule has 4 heteroatoms. The predicted molar refractivity (Wildman–Crippen MR) is 65.0 cm³/mol. The molecule has 0 radical (unpaired) electrons. The van der Waals surface area contributed by atoms with Gasteiger partial charge in [-0.05, 0) is 31.0 Å². The smallest absolute Gasteiger partial charge is 0.147 e. The van der Waals surface area contributed by atoms with Crippen molar-refractivity contribution in [3.8, 4) is 6.07 Å². The minimum atomic E-state index is -0.387. The number of anilines is 1. The number of hydrogen-bond donors (Lipinski definition) is 2. The maximum absolute atomic E-state index is 13.7. The molecule has 1 fully saturated rings. The SMILES string of the molecule is N#Cc1ccc(NC2CCCCC2N)c(F)c1. The van der Waals surface area contributed by atoms with Crippen molar-refractivity contribution >= 4 is 5.69 Å². The molecule has 1 saturated carbocycles. The van der Waals surface area contributed by atoms with Crippen LogP contribution < -0.4 is 11.1 Å². The number of nitrogens with one attached hydrogen (secondary N) is 1. The number of nitrogens with two attached hydrogens (primary N) is 1. The third-order valence-corrected chi connectivity index (χ3v) is 3.26. The summed E-state index contributed by atoms with van der Waals surface area (Å²) in [4.78, 5) is 0. The summed E-state index contributed by atoms with van der Waals surface area (Å²) in [7, 11) is 0. The number of nitriles is 1. The van der Waals surface area contributed by atoms with Gasteiger partial charge in [-0.25, -0.2) is 4.39 Å². The minimum absolute atomic E-state index is 0.0822. The molecule has 3 N–H and O–H groups in total. The van der Waals surface area contributed by atoms with Crippen LogP contribution in [-0.4, -0.2) is 12.1 Å². The summed E-state index contributed by atoms with van der Waals surface area (Å²) >= 11 is 0. The molecule has 17 heavy (non-hydrogen) atoms. The van der Waals surface area contributed by atoms with Crippen molar-refractivity contribution in [3.05, 3.63) is 29.6 Å². The topological polar surface area (TPSA) is 61.8 Å². The first-order valence-electron chi connectivity index (χ1n) is 5.92. The Balaban J connectivity index is 2.10. The largest absolute Gasteiger partial charge is 0.378 e. The molecule has 1 aliphatic rings. The highest BCUT2D eigenvalue weighted by Gasteiger charge is 2.22. The molecule has 0 aliphatic heterocycles. The molecule has 1 aliphatic carbocycles. The van der Waals surface area contributed by atoms with Crippen LogP contribution in [0.15, 0.2) is 18.2 Å². The molecule has 0 bridgehead atoms. The number of rotatable bonds is 2. The van der Waals surface area contributed by atoms with Gasteiger partial charge < -0.3 is 11.1 Å². The molecule has 0 heterocycles. The van der Waals surface area contributed by atoms with Gasteiger partial charge in [0.2, 0.25) is 0 Å². The zero-order chi connectivity index (χ0) is 12.3. The van der Waals surface area contributed by atoms with Crippen molar-refractivity contribution in [3.63, 3.8) is 0 Å². The normalized spacial score (nSPS) is 24.1. The summed E-state index contributed by atoms with van der Waals surface area (Å²) in [5.41, 5.74) is 6.77. The second-order valence-electron chi connectivity index (χ2n) is 4.51. The van der Waals surface area contributed by atoms with Crippen molar-refractivity contribution in [1.82, 2.24) is 0 Å². The van der Waals surface area contributed by atoms with E-state index in [1.807, 2.05) is 6.07 Å². The van der Waals surface area contributed by atoms with Gasteiger partial charge in [-0.1, -0.05) is 12.8 Å². The van der Waals surface area contributed by atoms with E-state index >= 15 is 0 Å². The Morgan fingerprint density at radius 1 is 1.35 bits per heavy atom. The lowest BCUT2D eigenvalue weighted by molar-refractivity contribution is 0.403. The van der Waals surface area contributed by atoms with Crippen LogP contribution in [-0.2, 0) is 0 Å². The minimum Gasteiger partial charge on any atom is -0.378 e. The molecule has 90 valence electrons. The lowest BCUT2D eigenvalue weighted by Crippen LogP contribution is -2.42. The third-order valence-electron chi connectivity index (χ3n) is 3.26. The first-order valence-corrected chi connectivity index (χ1v) is 5.92. The van der Waals surface area contributed by atoms with Gasteiger partial charge in [0.1, 0.15) is 5.82 Å². The van der Waals surface area contributed by atoms with E-state index < -0.39 is 0 Å². The highest BCUT2D eigenvalue weighted by Crippen LogP contribution is 2.23. The fourth-order valence-corrected chi connectivity index (χ4v) is 2.24. The maximum atomic E-state index is 13.7. The van der Waals surface area contributed by atoms with E-state index in [2.05, 4.69) is 5.32 Å². The summed E-state index contributed by atoms with van der Waals surface area (Å²) < 4.78 is 13.7. The molecule has 2 unspecified atom stereocenters. The van der Waals surface area contributed by atoms with E-state index in [-0.39, 0.29) is 17.9 Å². The molecule has 3 nitrogen and oxygen atoms in total. The summed E-state index contributed by atoms with van der Waals surface area (Å²) in [5, 5.41) is 11.8. The molecule has 0 spiro atoms. The molecular formula is C13H16FN3. The van der Waals surface area contributed by atoms with Crippen LogP contribution in [0.1, 0.15) is 31.2 Å². The van der Waals surface area contributed by atoms with E-state index in [1.165, 1.54) is 6.07 Å². The van der Waals surface area contributed by atoms with Crippen LogP contribution in [0.5, 0.6) is 0 Å². The second-order valence-corrected chi connectivity index (χ2v) is 4.51. The quantitative estimate of drug-likeness (QED) is 0.824. The van der Waals surface area contributed by atoms with Crippen molar-refractivity contribution in [1.29, 1.82) is 5.26 Å². The highest BCUT2D eigenvalue weighted by atomic mass is 19.1. The van der Waals surface area contributed by atoms with Crippen molar-refractivity contribution in [2.24, 2.45) is 5.73 Å². The monoisotopic (exact) mass is 233 g/mol. The Bertz CT molecular complexity index is 439. The Labute approximate surface area is 100 Å². The summed E-state index contributed by atoms with van der Waals surface area (Å²) in [6.45, 7) is 0. The van der Waals surface area contributed by atoms with Gasteiger partial charge >= 0.3 is 0 Å². The predicted octanol–water partition coefficient (Wildman–Crippen LogP) is 2.38. The fourth-order valence-electron chi connectivity index (χ4n) is 2.24. The van der Waals surface area contributed by atoms with Crippen molar-refractivity contribution in [2.75, 3.05) is 5.32 Å². The number of benzene rings is 1. The Kier molecular flexibility index (Phi) is 3.60. The average Bonchev–Trinajstić information content (AvgIpc) is 2.34. The number of nitrogens with zero attached hydrogens (tertiary/aromatic N) is 1. The van der Waals surface area contributed by atoms with Gasteiger partial charge in [-0.2, -0.15) is 5.26 Å². The first kappa shape index (κ1) is 11.9. The molecule has 0 saturated heterocycles. The van der Waals surface area contributed by atoms with Gasteiger partial charge in [0.25, 0.3) is 0 Å². The van der Waals surface area contributed by atoms with Crippen molar-refractivity contribution < 1.29 is 4.39 Å². The van der Waals surface area contributed by atoms with Gasteiger partial charge in [-0.15, -0.1) is 0 Å². The number of hydrogen-bond acceptors (Lipinski definition) is 3. The first-order chi connectivity index (χ1) is 8.20. The lowest BCUT2D eigenvalue weighted by atomic mass is 9.91. The molecule has 1 aromatic rings. The van der Waals surface area contributed by atoms with E-state index in [4.69, 9.17) is 11.0 Å². The van der Waals surface area contributed by atoms with Gasteiger partial charge in [-0.3, -0.25) is 0 Å². The van der Waals surface area contributed by atoms with Crippen LogP contribution in [0.3, 0.4) is 0 Å². The van der Waals surface area contributed by atoms with Gasteiger partial charge in [0, 0.05) is 12.1 Å². The Morgan fingerprint density at radius 2 is 2.12 bits per heavy atom. The molecule has 2 atom stereocenters. The van der Waals surface area contributed by atoms with E-state index in [1.54, 1.807) is 12.1 Å². The Morgan fingerprint density at radius 3 is 2.76 bits per heavy atom.